The topological polar surface area (TPSA) is 53.2 Å². The van der Waals surface area contributed by atoms with Crippen LogP contribution in [0.4, 0.5) is 23.2 Å². The third kappa shape index (κ3) is 4.14. The Morgan fingerprint density at radius 1 is 1.11 bits per heavy atom. The second kappa shape index (κ2) is 7.59. The van der Waals surface area contributed by atoms with Gasteiger partial charge in [-0.3, -0.25) is 4.79 Å². The lowest BCUT2D eigenvalue weighted by Gasteiger charge is -2.31. The molecule has 9 heteroatoms. The maximum atomic E-state index is 13.5. The predicted octanol–water partition coefficient (Wildman–Crippen LogP) is 4.28. The number of halogens is 4. The molecule has 2 aromatic carbocycles. The van der Waals surface area contributed by atoms with Crippen LogP contribution >= 0.6 is 12.2 Å². The molecule has 1 amide bonds. The molecule has 0 spiro atoms. The highest BCUT2D eigenvalue weighted by Gasteiger charge is 2.38. The number of allylic oxidation sites excluding steroid dienone is 1. The minimum Gasteiger partial charge on any atom is -0.351 e. The van der Waals surface area contributed by atoms with Crippen molar-refractivity contribution in [2.75, 3.05) is 5.32 Å². The molecule has 0 saturated heterocycles. The first-order chi connectivity index (χ1) is 13.2. The predicted molar refractivity (Wildman–Crippen MR) is 101 cm³/mol. The SMILES string of the molecule is CC1=C(C(=O)Nc2ccc(F)cc2)[C@@H](c2ccccc2C(F)(F)F)NC(=S)N1. The molecule has 146 valence electrons. The minimum absolute atomic E-state index is 0.0506. The van der Waals surface area contributed by atoms with Gasteiger partial charge in [-0.2, -0.15) is 13.2 Å². The molecule has 0 radical (unpaired) electrons. The fraction of sp³-hybridized carbons (Fsp3) is 0.158. The van der Waals surface area contributed by atoms with Crippen LogP contribution in [0.2, 0.25) is 0 Å². The Morgan fingerprint density at radius 2 is 1.75 bits per heavy atom. The van der Waals surface area contributed by atoms with Crippen LogP contribution < -0.4 is 16.0 Å². The molecule has 0 fully saturated rings. The Morgan fingerprint density at radius 3 is 2.39 bits per heavy atom. The summed E-state index contributed by atoms with van der Waals surface area (Å²) in [4.78, 5) is 12.8. The summed E-state index contributed by atoms with van der Waals surface area (Å²) >= 11 is 5.07. The van der Waals surface area contributed by atoms with Gasteiger partial charge in [0.2, 0.25) is 0 Å². The Labute approximate surface area is 163 Å². The molecule has 1 aliphatic rings. The third-order valence-electron chi connectivity index (χ3n) is 4.19. The normalized spacial score (nSPS) is 17.0. The van der Waals surface area contributed by atoms with E-state index in [1.54, 1.807) is 6.92 Å². The molecule has 0 aromatic heterocycles. The van der Waals surface area contributed by atoms with Crippen molar-refractivity contribution in [3.63, 3.8) is 0 Å². The van der Waals surface area contributed by atoms with Crippen molar-refractivity contribution in [1.29, 1.82) is 0 Å². The smallest absolute Gasteiger partial charge is 0.351 e. The number of carbonyl (C=O) groups is 1. The quantitative estimate of drug-likeness (QED) is 0.523. The van der Waals surface area contributed by atoms with Crippen molar-refractivity contribution in [1.82, 2.24) is 10.6 Å². The van der Waals surface area contributed by atoms with Gasteiger partial charge in [0.15, 0.2) is 5.11 Å². The van der Waals surface area contributed by atoms with Gasteiger partial charge in [0.25, 0.3) is 5.91 Å². The highest BCUT2D eigenvalue weighted by Crippen LogP contribution is 2.38. The van der Waals surface area contributed by atoms with Crippen molar-refractivity contribution in [2.24, 2.45) is 0 Å². The molecule has 1 heterocycles. The fourth-order valence-corrected chi connectivity index (χ4v) is 3.24. The highest BCUT2D eigenvalue weighted by atomic mass is 32.1. The van der Waals surface area contributed by atoms with Gasteiger partial charge in [-0.1, -0.05) is 18.2 Å². The average molecular weight is 409 g/mol. The molecule has 0 aliphatic carbocycles. The van der Waals surface area contributed by atoms with E-state index in [9.17, 15) is 22.4 Å². The van der Waals surface area contributed by atoms with E-state index in [1.807, 2.05) is 0 Å². The van der Waals surface area contributed by atoms with Gasteiger partial charge >= 0.3 is 6.18 Å². The maximum Gasteiger partial charge on any atom is 0.416 e. The summed E-state index contributed by atoms with van der Waals surface area (Å²) < 4.78 is 53.5. The zero-order valence-electron chi connectivity index (χ0n) is 14.5. The van der Waals surface area contributed by atoms with Gasteiger partial charge in [-0.15, -0.1) is 0 Å². The van der Waals surface area contributed by atoms with Crippen molar-refractivity contribution in [2.45, 2.75) is 19.1 Å². The van der Waals surface area contributed by atoms with E-state index in [2.05, 4.69) is 16.0 Å². The fourth-order valence-electron chi connectivity index (χ4n) is 2.97. The highest BCUT2D eigenvalue weighted by molar-refractivity contribution is 7.80. The van der Waals surface area contributed by atoms with Gasteiger partial charge in [-0.05, 0) is 55.0 Å². The monoisotopic (exact) mass is 409 g/mol. The van der Waals surface area contributed by atoms with Crippen LogP contribution in [-0.4, -0.2) is 11.0 Å². The number of hydrogen-bond donors (Lipinski definition) is 3. The van der Waals surface area contributed by atoms with Crippen LogP contribution in [0.1, 0.15) is 24.1 Å². The molecule has 1 aliphatic heterocycles. The molecule has 3 N–H and O–H groups in total. The van der Waals surface area contributed by atoms with E-state index in [4.69, 9.17) is 12.2 Å². The van der Waals surface area contributed by atoms with Crippen LogP contribution in [-0.2, 0) is 11.0 Å². The largest absolute Gasteiger partial charge is 0.416 e. The van der Waals surface area contributed by atoms with Crippen molar-refractivity contribution < 1.29 is 22.4 Å². The van der Waals surface area contributed by atoms with Crippen LogP contribution in [0.5, 0.6) is 0 Å². The number of anilines is 1. The summed E-state index contributed by atoms with van der Waals surface area (Å²) in [6, 6.07) is 8.93. The summed E-state index contributed by atoms with van der Waals surface area (Å²) in [5, 5.41) is 8.19. The number of hydrogen-bond acceptors (Lipinski definition) is 2. The first-order valence-corrected chi connectivity index (χ1v) is 8.59. The zero-order valence-corrected chi connectivity index (χ0v) is 15.3. The van der Waals surface area contributed by atoms with Crippen molar-refractivity contribution in [3.05, 3.63) is 76.7 Å². The van der Waals surface area contributed by atoms with Crippen LogP contribution in [0, 0.1) is 5.82 Å². The summed E-state index contributed by atoms with van der Waals surface area (Å²) in [7, 11) is 0. The summed E-state index contributed by atoms with van der Waals surface area (Å²) in [5.41, 5.74) is -0.304. The summed E-state index contributed by atoms with van der Waals surface area (Å²) in [6.45, 7) is 1.55. The second-order valence-electron chi connectivity index (χ2n) is 6.12. The molecule has 28 heavy (non-hydrogen) atoms. The molecule has 0 unspecified atom stereocenters. The zero-order chi connectivity index (χ0) is 20.5. The van der Waals surface area contributed by atoms with E-state index in [0.29, 0.717) is 11.4 Å². The summed E-state index contributed by atoms with van der Waals surface area (Å²) in [5.74, 6) is -1.11. The first kappa shape index (κ1) is 19.8. The molecule has 2 aromatic rings. The van der Waals surface area contributed by atoms with Crippen LogP contribution in [0.15, 0.2) is 59.8 Å². The van der Waals surface area contributed by atoms with Gasteiger partial charge in [0.05, 0.1) is 17.2 Å². The van der Waals surface area contributed by atoms with Crippen LogP contribution in [0.3, 0.4) is 0 Å². The van der Waals surface area contributed by atoms with Crippen LogP contribution in [0.25, 0.3) is 0 Å². The number of thiocarbonyl (C=S) groups is 1. The lowest BCUT2D eigenvalue weighted by atomic mass is 9.91. The maximum absolute atomic E-state index is 13.5. The van der Waals surface area contributed by atoms with E-state index in [0.717, 1.165) is 6.07 Å². The van der Waals surface area contributed by atoms with Crippen molar-refractivity contribution in [3.8, 4) is 0 Å². The Balaban J connectivity index is 2.02. The standard InChI is InChI=1S/C19H15F4N3OS/c1-10-15(17(27)25-12-8-6-11(20)7-9-12)16(26-18(28)24-10)13-4-2-3-5-14(13)19(21,22)23/h2-9,16H,1H3,(H,25,27)(H2,24,26,28)/t16-/m1/s1. The van der Waals surface area contributed by atoms with Gasteiger partial charge in [0.1, 0.15) is 5.82 Å². The molecule has 1 atom stereocenters. The lowest BCUT2D eigenvalue weighted by Crippen LogP contribution is -2.46. The molecule has 0 bridgehead atoms. The third-order valence-corrected chi connectivity index (χ3v) is 4.41. The summed E-state index contributed by atoms with van der Waals surface area (Å²) in [6.07, 6.45) is -4.60. The number of rotatable bonds is 3. The van der Waals surface area contributed by atoms with E-state index >= 15 is 0 Å². The van der Waals surface area contributed by atoms with Gasteiger partial charge < -0.3 is 16.0 Å². The molecule has 0 saturated carbocycles. The number of alkyl halides is 3. The first-order valence-electron chi connectivity index (χ1n) is 8.18. The molecular formula is C19H15F4N3OS. The molecular weight excluding hydrogens is 394 g/mol. The van der Waals surface area contributed by atoms with E-state index in [-0.39, 0.29) is 16.2 Å². The van der Waals surface area contributed by atoms with E-state index in [1.165, 1.54) is 42.5 Å². The Hall–Kier alpha value is -2.94. The number of amides is 1. The lowest BCUT2D eigenvalue weighted by molar-refractivity contribution is -0.138. The Kier molecular flexibility index (Phi) is 5.37. The van der Waals surface area contributed by atoms with Crippen molar-refractivity contribution >= 4 is 28.9 Å². The van der Waals surface area contributed by atoms with Gasteiger partial charge in [0, 0.05) is 11.4 Å². The van der Waals surface area contributed by atoms with Gasteiger partial charge in [-0.25, -0.2) is 4.39 Å². The number of carbonyl (C=O) groups excluding carboxylic acids is 1. The Bertz CT molecular complexity index is 954. The minimum atomic E-state index is -4.60. The number of nitrogens with one attached hydrogen (secondary N) is 3. The average Bonchev–Trinajstić information content (AvgIpc) is 2.62. The van der Waals surface area contributed by atoms with E-state index < -0.39 is 29.5 Å². The molecule has 3 rings (SSSR count). The second-order valence-corrected chi connectivity index (χ2v) is 6.52. The molecule has 4 nitrogen and oxygen atoms in total. The number of benzene rings is 2.